The molecule has 2 unspecified atom stereocenters. The van der Waals surface area contributed by atoms with Crippen molar-refractivity contribution in [2.45, 2.75) is 57.4 Å². The molecule has 7 heteroatoms. The van der Waals surface area contributed by atoms with Crippen LogP contribution in [0.2, 0.25) is 0 Å². The standard InChI is InChI=1S/C17H28N6O/c24-17(14-7-9-22(12-14)15-4-2-1-3-5-15)23-8-6-13(11-23)10-16-18-20-21-19-16/h13-15H,1-12H2,(H,18,19,20,21). The highest BCUT2D eigenvalue weighted by Gasteiger charge is 2.37. The largest absolute Gasteiger partial charge is 0.342 e. The monoisotopic (exact) mass is 332 g/mol. The second kappa shape index (κ2) is 7.17. The maximum atomic E-state index is 12.9. The summed E-state index contributed by atoms with van der Waals surface area (Å²) in [5.41, 5.74) is 0. The molecular weight excluding hydrogens is 304 g/mol. The number of tetrazole rings is 1. The van der Waals surface area contributed by atoms with Crippen LogP contribution in [0.1, 0.15) is 50.8 Å². The molecule has 0 spiro atoms. The van der Waals surface area contributed by atoms with E-state index < -0.39 is 0 Å². The summed E-state index contributed by atoms with van der Waals surface area (Å²) in [6, 6.07) is 0.737. The molecule has 1 amide bonds. The molecule has 1 aromatic heterocycles. The molecular formula is C17H28N6O. The van der Waals surface area contributed by atoms with Gasteiger partial charge in [-0.3, -0.25) is 9.69 Å². The Morgan fingerprint density at radius 3 is 2.75 bits per heavy atom. The van der Waals surface area contributed by atoms with E-state index in [0.29, 0.717) is 11.8 Å². The smallest absolute Gasteiger partial charge is 0.227 e. The zero-order valence-electron chi connectivity index (χ0n) is 14.4. The minimum atomic E-state index is 0.218. The lowest BCUT2D eigenvalue weighted by atomic mass is 9.94. The molecule has 2 aliphatic heterocycles. The van der Waals surface area contributed by atoms with Crippen LogP contribution in [-0.4, -0.2) is 68.6 Å². The number of likely N-dealkylation sites (tertiary alicyclic amines) is 2. The number of carbonyl (C=O) groups is 1. The molecule has 0 radical (unpaired) electrons. The number of aromatic nitrogens is 4. The van der Waals surface area contributed by atoms with Gasteiger partial charge in [0.25, 0.3) is 0 Å². The summed E-state index contributed by atoms with van der Waals surface area (Å²) in [6.07, 6.45) is 9.70. The molecule has 7 nitrogen and oxygen atoms in total. The number of rotatable bonds is 4. The van der Waals surface area contributed by atoms with Crippen molar-refractivity contribution in [1.82, 2.24) is 30.4 Å². The maximum absolute atomic E-state index is 12.9. The molecule has 3 aliphatic rings. The van der Waals surface area contributed by atoms with Crippen LogP contribution < -0.4 is 0 Å². The number of aromatic amines is 1. The van der Waals surface area contributed by atoms with Crippen LogP contribution in [0.15, 0.2) is 0 Å². The first-order chi connectivity index (χ1) is 11.8. The van der Waals surface area contributed by atoms with E-state index in [2.05, 4.69) is 30.4 Å². The fourth-order valence-corrected chi connectivity index (χ4v) is 4.75. The van der Waals surface area contributed by atoms with Gasteiger partial charge in [0.1, 0.15) is 0 Å². The number of nitrogens with one attached hydrogen (secondary N) is 1. The summed E-state index contributed by atoms with van der Waals surface area (Å²) >= 11 is 0. The van der Waals surface area contributed by atoms with Gasteiger partial charge in [-0.05, 0) is 38.1 Å². The Labute approximate surface area is 143 Å². The molecule has 1 saturated carbocycles. The number of amides is 1. The minimum absolute atomic E-state index is 0.218. The summed E-state index contributed by atoms with van der Waals surface area (Å²) in [4.78, 5) is 17.5. The number of H-pyrrole nitrogens is 1. The predicted molar refractivity (Wildman–Crippen MR) is 89.1 cm³/mol. The number of carbonyl (C=O) groups excluding carboxylic acids is 1. The summed E-state index contributed by atoms with van der Waals surface area (Å²) in [6.45, 7) is 3.84. The lowest BCUT2D eigenvalue weighted by molar-refractivity contribution is -0.134. The van der Waals surface area contributed by atoms with Crippen LogP contribution in [-0.2, 0) is 11.2 Å². The molecule has 1 aliphatic carbocycles. The van der Waals surface area contributed by atoms with Gasteiger partial charge in [0.05, 0.1) is 5.92 Å². The van der Waals surface area contributed by atoms with E-state index in [1.165, 1.54) is 32.1 Å². The fraction of sp³-hybridized carbons (Fsp3) is 0.882. The molecule has 1 N–H and O–H groups in total. The maximum Gasteiger partial charge on any atom is 0.227 e. The van der Waals surface area contributed by atoms with Gasteiger partial charge in [-0.25, -0.2) is 0 Å². The predicted octanol–water partition coefficient (Wildman–Crippen LogP) is 1.25. The Morgan fingerprint density at radius 1 is 1.08 bits per heavy atom. The lowest BCUT2D eigenvalue weighted by Crippen LogP contribution is -2.39. The van der Waals surface area contributed by atoms with Gasteiger partial charge in [0, 0.05) is 32.1 Å². The van der Waals surface area contributed by atoms with E-state index in [4.69, 9.17) is 0 Å². The molecule has 1 aromatic rings. The zero-order chi connectivity index (χ0) is 16.4. The van der Waals surface area contributed by atoms with Gasteiger partial charge in [-0.2, -0.15) is 5.21 Å². The van der Waals surface area contributed by atoms with E-state index in [1.54, 1.807) is 0 Å². The molecule has 4 rings (SSSR count). The van der Waals surface area contributed by atoms with Gasteiger partial charge >= 0.3 is 0 Å². The van der Waals surface area contributed by atoms with Crippen molar-refractivity contribution in [2.75, 3.05) is 26.2 Å². The average Bonchev–Trinajstić information content (AvgIpc) is 3.37. The zero-order valence-corrected chi connectivity index (χ0v) is 14.4. The highest BCUT2D eigenvalue weighted by molar-refractivity contribution is 5.79. The number of hydrogen-bond donors (Lipinski definition) is 1. The molecule has 2 atom stereocenters. The number of hydrogen-bond acceptors (Lipinski definition) is 5. The first kappa shape index (κ1) is 16.0. The summed E-state index contributed by atoms with van der Waals surface area (Å²) in [5.74, 6) is 1.83. The van der Waals surface area contributed by atoms with Crippen molar-refractivity contribution in [3.63, 3.8) is 0 Å². The highest BCUT2D eigenvalue weighted by Crippen LogP contribution is 2.30. The first-order valence-electron chi connectivity index (χ1n) is 9.55. The quantitative estimate of drug-likeness (QED) is 0.898. The van der Waals surface area contributed by atoms with Crippen LogP contribution in [0.3, 0.4) is 0 Å². The molecule has 0 aromatic carbocycles. The molecule has 0 bridgehead atoms. The second-order valence-electron chi connectivity index (χ2n) is 7.74. The van der Waals surface area contributed by atoms with Crippen molar-refractivity contribution < 1.29 is 4.79 Å². The summed E-state index contributed by atoms with van der Waals surface area (Å²) < 4.78 is 0. The average molecular weight is 332 g/mol. The molecule has 2 saturated heterocycles. The third-order valence-electron chi connectivity index (χ3n) is 6.12. The molecule has 3 heterocycles. The van der Waals surface area contributed by atoms with E-state index >= 15 is 0 Å². The lowest BCUT2D eigenvalue weighted by Gasteiger charge is -2.31. The van der Waals surface area contributed by atoms with Gasteiger partial charge in [-0.15, -0.1) is 10.2 Å². The summed E-state index contributed by atoms with van der Waals surface area (Å²) in [7, 11) is 0. The Kier molecular flexibility index (Phi) is 4.78. The Morgan fingerprint density at radius 2 is 1.96 bits per heavy atom. The van der Waals surface area contributed by atoms with Crippen molar-refractivity contribution in [1.29, 1.82) is 0 Å². The fourth-order valence-electron chi connectivity index (χ4n) is 4.75. The molecule has 3 fully saturated rings. The normalized spacial score (nSPS) is 29.4. The third kappa shape index (κ3) is 3.45. The number of nitrogens with zero attached hydrogens (tertiary/aromatic N) is 5. The highest BCUT2D eigenvalue weighted by atomic mass is 16.2. The SMILES string of the molecule is O=C(C1CCN(C2CCCCC2)C1)N1CCC(Cc2nn[nH]n2)C1. The second-order valence-corrected chi connectivity index (χ2v) is 7.74. The topological polar surface area (TPSA) is 78.0 Å². The van der Waals surface area contributed by atoms with Crippen molar-refractivity contribution in [3.05, 3.63) is 5.82 Å². The van der Waals surface area contributed by atoms with Crippen molar-refractivity contribution >= 4 is 5.91 Å². The first-order valence-corrected chi connectivity index (χ1v) is 9.55. The Balaban J connectivity index is 1.27. The van der Waals surface area contributed by atoms with E-state index in [9.17, 15) is 4.79 Å². The van der Waals surface area contributed by atoms with Gasteiger partial charge < -0.3 is 4.90 Å². The van der Waals surface area contributed by atoms with Gasteiger partial charge in [0.2, 0.25) is 5.91 Å². The van der Waals surface area contributed by atoms with Crippen LogP contribution in [0.5, 0.6) is 0 Å². The van der Waals surface area contributed by atoms with Crippen molar-refractivity contribution in [2.24, 2.45) is 11.8 Å². The van der Waals surface area contributed by atoms with Crippen LogP contribution in [0, 0.1) is 11.8 Å². The van der Waals surface area contributed by atoms with Crippen LogP contribution in [0.4, 0.5) is 0 Å². The molecule has 132 valence electrons. The van der Waals surface area contributed by atoms with Gasteiger partial charge in [0.15, 0.2) is 5.82 Å². The third-order valence-corrected chi connectivity index (χ3v) is 6.12. The Hall–Kier alpha value is -1.50. The minimum Gasteiger partial charge on any atom is -0.342 e. The van der Waals surface area contributed by atoms with E-state index in [-0.39, 0.29) is 5.92 Å². The van der Waals surface area contributed by atoms with E-state index in [0.717, 1.165) is 57.3 Å². The van der Waals surface area contributed by atoms with Crippen molar-refractivity contribution in [3.8, 4) is 0 Å². The summed E-state index contributed by atoms with van der Waals surface area (Å²) in [5, 5.41) is 14.2. The van der Waals surface area contributed by atoms with Crippen LogP contribution >= 0.6 is 0 Å². The Bertz CT molecular complexity index is 541. The van der Waals surface area contributed by atoms with Gasteiger partial charge in [-0.1, -0.05) is 24.5 Å². The van der Waals surface area contributed by atoms with Crippen LogP contribution in [0.25, 0.3) is 0 Å². The molecule has 24 heavy (non-hydrogen) atoms. The van der Waals surface area contributed by atoms with E-state index in [1.807, 2.05) is 0 Å².